The van der Waals surface area contributed by atoms with Crippen molar-refractivity contribution < 1.29 is 5.11 Å². The third-order valence-corrected chi connectivity index (χ3v) is 5.96. The van der Waals surface area contributed by atoms with Gasteiger partial charge < -0.3 is 10.4 Å². The van der Waals surface area contributed by atoms with Crippen LogP contribution < -0.4 is 5.32 Å². The van der Waals surface area contributed by atoms with Gasteiger partial charge in [0.2, 0.25) is 0 Å². The molecule has 0 aliphatic carbocycles. The van der Waals surface area contributed by atoms with E-state index in [1.54, 1.807) is 0 Å². The molecule has 0 aliphatic heterocycles. The molecule has 0 spiro atoms. The highest BCUT2D eigenvalue weighted by atomic mass is 32.2. The first-order valence-corrected chi connectivity index (χ1v) is 10.8. The molecule has 0 unspecified atom stereocenters. The van der Waals surface area contributed by atoms with Crippen molar-refractivity contribution in [3.63, 3.8) is 0 Å². The molecule has 2 nitrogen and oxygen atoms in total. The highest BCUT2D eigenvalue weighted by Gasteiger charge is 2.24. The first kappa shape index (κ1) is 21.7. The van der Waals surface area contributed by atoms with Gasteiger partial charge in [-0.1, -0.05) is 66.7 Å². The Labute approximate surface area is 169 Å². The minimum Gasteiger partial charge on any atom is -0.507 e. The van der Waals surface area contributed by atoms with Crippen molar-refractivity contribution >= 4 is 17.4 Å². The van der Waals surface area contributed by atoms with Gasteiger partial charge in [-0.25, -0.2) is 0 Å². The summed E-state index contributed by atoms with van der Waals surface area (Å²) < 4.78 is 0. The van der Waals surface area contributed by atoms with Crippen molar-refractivity contribution in [1.82, 2.24) is 0 Å². The highest BCUT2D eigenvalue weighted by Crippen LogP contribution is 2.38. The quantitative estimate of drug-likeness (QED) is 0.520. The third-order valence-electron chi connectivity index (χ3n) is 4.68. The van der Waals surface area contributed by atoms with E-state index in [0.717, 1.165) is 29.0 Å². The van der Waals surface area contributed by atoms with Gasteiger partial charge in [0, 0.05) is 22.7 Å². The molecule has 0 heterocycles. The molecule has 3 heteroatoms. The van der Waals surface area contributed by atoms with Gasteiger partial charge in [0.15, 0.2) is 0 Å². The number of anilines is 1. The second-order valence-corrected chi connectivity index (χ2v) is 10.4. The van der Waals surface area contributed by atoms with Crippen LogP contribution in [0.1, 0.15) is 71.6 Å². The maximum absolute atomic E-state index is 11.0. The minimum atomic E-state index is -0.102. The van der Waals surface area contributed by atoms with E-state index >= 15 is 0 Å². The Balaban J connectivity index is 2.36. The molecule has 2 N–H and O–H groups in total. The molecular formula is C24H35NOS. The highest BCUT2D eigenvalue weighted by molar-refractivity contribution is 7.99. The lowest BCUT2D eigenvalue weighted by molar-refractivity contribution is 0.439. The molecule has 2 rings (SSSR count). The van der Waals surface area contributed by atoms with Crippen molar-refractivity contribution in [2.75, 3.05) is 11.1 Å². The Kier molecular flexibility index (Phi) is 6.91. The summed E-state index contributed by atoms with van der Waals surface area (Å²) in [4.78, 5) is 1.27. The summed E-state index contributed by atoms with van der Waals surface area (Å²) in [5.41, 5.74) is 4.30. The number of phenolic OH excluding ortho intramolecular Hbond substituents is 1. The lowest BCUT2D eigenvalue weighted by Crippen LogP contribution is -2.18. The van der Waals surface area contributed by atoms with Gasteiger partial charge in [-0.3, -0.25) is 0 Å². The Morgan fingerprint density at radius 1 is 0.963 bits per heavy atom. The second kappa shape index (κ2) is 8.60. The molecule has 0 fully saturated rings. The molecule has 2 aromatic rings. The van der Waals surface area contributed by atoms with Crippen LogP contribution >= 0.6 is 11.8 Å². The van der Waals surface area contributed by atoms with E-state index in [9.17, 15) is 5.11 Å². The van der Waals surface area contributed by atoms with E-state index in [0.29, 0.717) is 12.3 Å². The molecule has 27 heavy (non-hydrogen) atoms. The number of phenols is 1. The number of aromatic hydroxyl groups is 1. The molecule has 148 valence electrons. The summed E-state index contributed by atoms with van der Waals surface area (Å²) in [7, 11) is 0. The van der Waals surface area contributed by atoms with Crippen LogP contribution in [0.2, 0.25) is 0 Å². The number of rotatable bonds is 6. The maximum atomic E-state index is 11.0. The van der Waals surface area contributed by atoms with Crippen LogP contribution in [0.25, 0.3) is 0 Å². The molecule has 0 saturated carbocycles. The monoisotopic (exact) mass is 385 g/mol. The summed E-state index contributed by atoms with van der Waals surface area (Å²) in [6.45, 7) is 15.9. The van der Waals surface area contributed by atoms with E-state index in [2.05, 4.69) is 90.2 Å². The summed E-state index contributed by atoms with van der Waals surface area (Å²) >= 11 is 1.88. The number of benzene rings is 2. The van der Waals surface area contributed by atoms with Crippen LogP contribution in [0.5, 0.6) is 5.75 Å². The van der Waals surface area contributed by atoms with Crippen LogP contribution in [0, 0.1) is 0 Å². The molecule has 0 radical (unpaired) electrons. The number of nitrogens with one attached hydrogen (secondary N) is 1. The first-order valence-electron chi connectivity index (χ1n) is 9.86. The fraction of sp³-hybridized carbons (Fsp3) is 0.500. The molecular weight excluding hydrogens is 350 g/mol. The van der Waals surface area contributed by atoms with Crippen molar-refractivity contribution in [3.8, 4) is 5.75 Å². The van der Waals surface area contributed by atoms with Crippen molar-refractivity contribution in [1.29, 1.82) is 0 Å². The van der Waals surface area contributed by atoms with E-state index in [-0.39, 0.29) is 10.8 Å². The smallest absolute Gasteiger partial charge is 0.124 e. The van der Waals surface area contributed by atoms with Gasteiger partial charge in [0.05, 0.1) is 0 Å². The zero-order chi connectivity index (χ0) is 20.2. The predicted molar refractivity (Wildman–Crippen MR) is 120 cm³/mol. The number of hydrogen-bond acceptors (Lipinski definition) is 3. The van der Waals surface area contributed by atoms with E-state index in [1.165, 1.54) is 10.5 Å². The minimum absolute atomic E-state index is 0.0390. The summed E-state index contributed by atoms with van der Waals surface area (Å²) in [5.74, 6) is 1.53. The van der Waals surface area contributed by atoms with Gasteiger partial charge in [-0.05, 0) is 52.3 Å². The van der Waals surface area contributed by atoms with Gasteiger partial charge in [-0.2, -0.15) is 0 Å². The second-order valence-electron chi connectivity index (χ2n) is 9.23. The average Bonchev–Trinajstić information content (AvgIpc) is 2.57. The number of para-hydroxylation sites is 1. The van der Waals surface area contributed by atoms with Crippen molar-refractivity contribution in [2.45, 2.75) is 77.2 Å². The van der Waals surface area contributed by atoms with Gasteiger partial charge in [0.25, 0.3) is 0 Å². The topological polar surface area (TPSA) is 32.3 Å². The molecule has 0 saturated heterocycles. The van der Waals surface area contributed by atoms with E-state index in [1.807, 2.05) is 11.8 Å². The fourth-order valence-corrected chi connectivity index (χ4v) is 3.87. The first-order chi connectivity index (χ1) is 12.5. The summed E-state index contributed by atoms with van der Waals surface area (Å²) in [6, 6.07) is 12.7. The molecule has 2 aromatic carbocycles. The lowest BCUT2D eigenvalue weighted by atomic mass is 9.79. The van der Waals surface area contributed by atoms with Crippen LogP contribution in [0.4, 0.5) is 5.69 Å². The Hall–Kier alpha value is -1.61. The van der Waals surface area contributed by atoms with Gasteiger partial charge >= 0.3 is 0 Å². The average molecular weight is 386 g/mol. The normalized spacial score (nSPS) is 12.3. The van der Waals surface area contributed by atoms with Crippen LogP contribution in [0.3, 0.4) is 0 Å². The molecule has 0 aliphatic rings. The predicted octanol–water partition coefficient (Wildman–Crippen LogP) is 7.10. The zero-order valence-corrected chi connectivity index (χ0v) is 18.8. The largest absolute Gasteiger partial charge is 0.507 e. The Morgan fingerprint density at radius 3 is 2.22 bits per heavy atom. The summed E-state index contributed by atoms with van der Waals surface area (Å²) in [6.07, 6.45) is 1.16. The van der Waals surface area contributed by atoms with E-state index in [4.69, 9.17) is 0 Å². The van der Waals surface area contributed by atoms with Gasteiger partial charge in [-0.15, -0.1) is 11.8 Å². The fourth-order valence-electron chi connectivity index (χ4n) is 2.98. The zero-order valence-electron chi connectivity index (χ0n) is 17.9. The Morgan fingerprint density at radius 2 is 1.63 bits per heavy atom. The van der Waals surface area contributed by atoms with Gasteiger partial charge in [0.1, 0.15) is 5.75 Å². The van der Waals surface area contributed by atoms with Crippen molar-refractivity contribution in [2.24, 2.45) is 0 Å². The Bertz CT molecular complexity index is 769. The molecule has 0 amide bonds. The number of thioether (sulfide) groups is 1. The third kappa shape index (κ3) is 5.68. The molecule has 0 bridgehead atoms. The summed E-state index contributed by atoms with van der Waals surface area (Å²) in [5, 5.41) is 14.5. The van der Waals surface area contributed by atoms with Crippen LogP contribution in [-0.2, 0) is 17.4 Å². The number of hydrogen-bond donors (Lipinski definition) is 2. The van der Waals surface area contributed by atoms with Crippen LogP contribution in [-0.4, -0.2) is 10.9 Å². The van der Waals surface area contributed by atoms with Crippen molar-refractivity contribution in [3.05, 3.63) is 53.1 Å². The SMILES string of the molecule is CCCSc1ccccc1NCc1cc(C(C)(C)C)cc(C(C)(C)C)c1O. The molecule has 0 atom stereocenters. The standard InChI is InChI=1S/C24H35NOS/c1-8-13-27-21-12-10-9-11-20(21)25-16-17-14-18(23(2,3)4)15-19(22(17)26)24(5,6)7/h9-12,14-15,25-26H,8,13,16H2,1-7H3. The maximum Gasteiger partial charge on any atom is 0.124 e. The van der Waals surface area contributed by atoms with Crippen LogP contribution in [0.15, 0.2) is 41.3 Å². The molecule has 0 aromatic heterocycles. The van der Waals surface area contributed by atoms with E-state index < -0.39 is 0 Å². The lowest BCUT2D eigenvalue weighted by Gasteiger charge is -2.27.